The molecule has 1 aliphatic heterocycles. The molecule has 1 heterocycles. The van der Waals surface area contributed by atoms with Gasteiger partial charge in [-0.15, -0.1) is 0 Å². The molecule has 9 nitrogen and oxygen atoms in total. The van der Waals surface area contributed by atoms with Crippen molar-refractivity contribution in [3.8, 4) is 0 Å². The third-order valence-corrected chi connectivity index (χ3v) is 6.17. The minimum atomic E-state index is -1.58. The molecule has 10 atom stereocenters. The fraction of sp³-hybridized carbons (Fsp3) is 0.895. The van der Waals surface area contributed by atoms with E-state index in [1.165, 1.54) is 12.2 Å². The van der Waals surface area contributed by atoms with Gasteiger partial charge in [0.15, 0.2) is 6.29 Å². The molecule has 164 valence electrons. The Balaban J connectivity index is 2.20. The molecule has 2 fully saturated rings. The Hall–Kier alpha value is -0.620. The first kappa shape index (κ1) is 23.7. The molecule has 28 heavy (non-hydrogen) atoms. The number of aliphatic hydroxyl groups is 7. The van der Waals surface area contributed by atoms with E-state index in [0.29, 0.717) is 0 Å². The number of ether oxygens (including phenoxy) is 2. The largest absolute Gasteiger partial charge is 0.394 e. The lowest BCUT2D eigenvalue weighted by atomic mass is 9.58. The van der Waals surface area contributed by atoms with Crippen LogP contribution in [0, 0.1) is 11.3 Å². The monoisotopic (exact) mass is 406 g/mol. The predicted molar refractivity (Wildman–Crippen MR) is 98.0 cm³/mol. The fourth-order valence-electron chi connectivity index (χ4n) is 4.13. The summed E-state index contributed by atoms with van der Waals surface area (Å²) in [6.45, 7) is 6.23. The Morgan fingerprint density at radius 3 is 2.25 bits per heavy atom. The molecule has 2 aliphatic rings. The van der Waals surface area contributed by atoms with Gasteiger partial charge >= 0.3 is 0 Å². The van der Waals surface area contributed by atoms with E-state index in [2.05, 4.69) is 0 Å². The van der Waals surface area contributed by atoms with Crippen molar-refractivity contribution in [1.29, 1.82) is 0 Å². The van der Waals surface area contributed by atoms with Gasteiger partial charge in [0, 0.05) is 11.3 Å². The topological polar surface area (TPSA) is 160 Å². The van der Waals surface area contributed by atoms with Gasteiger partial charge in [0.05, 0.1) is 30.5 Å². The van der Waals surface area contributed by atoms with Crippen LogP contribution in [0.15, 0.2) is 12.2 Å². The Bertz CT molecular complexity index is 550. The molecule has 0 aromatic carbocycles. The molecule has 1 aliphatic carbocycles. The zero-order chi connectivity index (χ0) is 21.4. The Morgan fingerprint density at radius 1 is 1.11 bits per heavy atom. The van der Waals surface area contributed by atoms with E-state index >= 15 is 0 Å². The average Bonchev–Trinajstić information content (AvgIpc) is 2.63. The highest BCUT2D eigenvalue weighted by Crippen LogP contribution is 2.49. The summed E-state index contributed by atoms with van der Waals surface area (Å²) < 4.78 is 11.1. The molecule has 0 bridgehead atoms. The van der Waals surface area contributed by atoms with Crippen LogP contribution >= 0.6 is 0 Å². The van der Waals surface area contributed by atoms with Crippen molar-refractivity contribution >= 4 is 0 Å². The van der Waals surface area contributed by atoms with E-state index in [1.54, 1.807) is 27.7 Å². The van der Waals surface area contributed by atoms with Crippen LogP contribution < -0.4 is 0 Å². The van der Waals surface area contributed by atoms with E-state index in [0.717, 1.165) is 0 Å². The lowest BCUT2D eigenvalue weighted by Gasteiger charge is -2.54. The minimum absolute atomic E-state index is 0.189. The first-order chi connectivity index (χ1) is 12.9. The summed E-state index contributed by atoms with van der Waals surface area (Å²) >= 11 is 0. The van der Waals surface area contributed by atoms with Crippen LogP contribution in [0.5, 0.6) is 0 Å². The molecule has 2 rings (SSSR count). The molecule has 1 saturated carbocycles. The lowest BCUT2D eigenvalue weighted by molar-refractivity contribution is -0.329. The van der Waals surface area contributed by atoms with Crippen LogP contribution in [-0.4, -0.2) is 97.0 Å². The molecule has 9 heteroatoms. The second kappa shape index (κ2) is 8.63. The van der Waals surface area contributed by atoms with Crippen LogP contribution in [0.2, 0.25) is 0 Å². The quantitative estimate of drug-likeness (QED) is 0.263. The minimum Gasteiger partial charge on any atom is -0.394 e. The molecular formula is C19H34O9. The SMILES string of the molecule is CC(O)/C=C/C1(O)C(C)C(O)C(O[C@@H]2O[C@H](CO)[C@@H](O)[C@H](O)[C@H]2O)CC1(C)C. The summed E-state index contributed by atoms with van der Waals surface area (Å²) in [5.74, 6) is -0.680. The van der Waals surface area contributed by atoms with Crippen LogP contribution in [0.4, 0.5) is 0 Å². The molecule has 0 aromatic rings. The van der Waals surface area contributed by atoms with E-state index < -0.39 is 72.6 Å². The second-order valence-electron chi connectivity index (χ2n) is 8.66. The fourth-order valence-corrected chi connectivity index (χ4v) is 4.13. The molecule has 0 spiro atoms. The number of hydrogen-bond donors (Lipinski definition) is 7. The third kappa shape index (κ3) is 4.28. The summed E-state index contributed by atoms with van der Waals surface area (Å²) in [4.78, 5) is 0. The van der Waals surface area contributed by atoms with Crippen LogP contribution in [-0.2, 0) is 9.47 Å². The van der Waals surface area contributed by atoms with Gasteiger partial charge in [-0.3, -0.25) is 0 Å². The number of rotatable bonds is 5. The van der Waals surface area contributed by atoms with Crippen LogP contribution in [0.1, 0.15) is 34.1 Å². The predicted octanol–water partition coefficient (Wildman–Crippen LogP) is -1.73. The van der Waals surface area contributed by atoms with Crippen molar-refractivity contribution in [3.63, 3.8) is 0 Å². The smallest absolute Gasteiger partial charge is 0.187 e. The first-order valence-corrected chi connectivity index (χ1v) is 9.59. The molecule has 0 aromatic heterocycles. The summed E-state index contributed by atoms with van der Waals surface area (Å²) in [5.41, 5.74) is -2.19. The zero-order valence-electron chi connectivity index (χ0n) is 16.7. The summed E-state index contributed by atoms with van der Waals surface area (Å²) in [6.07, 6.45) is -6.71. The highest BCUT2D eigenvalue weighted by atomic mass is 16.7. The summed E-state index contributed by atoms with van der Waals surface area (Å²) in [7, 11) is 0. The molecule has 5 unspecified atom stereocenters. The highest BCUT2D eigenvalue weighted by Gasteiger charge is 2.56. The van der Waals surface area contributed by atoms with Crippen molar-refractivity contribution in [3.05, 3.63) is 12.2 Å². The van der Waals surface area contributed by atoms with Crippen molar-refractivity contribution in [1.82, 2.24) is 0 Å². The third-order valence-electron chi connectivity index (χ3n) is 6.17. The van der Waals surface area contributed by atoms with Crippen molar-refractivity contribution in [2.24, 2.45) is 11.3 Å². The van der Waals surface area contributed by atoms with Gasteiger partial charge in [-0.05, 0) is 13.3 Å². The second-order valence-corrected chi connectivity index (χ2v) is 8.66. The zero-order valence-corrected chi connectivity index (χ0v) is 16.7. The average molecular weight is 406 g/mol. The van der Waals surface area contributed by atoms with Crippen molar-refractivity contribution in [2.75, 3.05) is 6.61 Å². The van der Waals surface area contributed by atoms with Crippen LogP contribution in [0.25, 0.3) is 0 Å². The van der Waals surface area contributed by atoms with Gasteiger partial charge in [-0.2, -0.15) is 0 Å². The lowest BCUT2D eigenvalue weighted by Crippen LogP contribution is -2.64. The maximum Gasteiger partial charge on any atom is 0.187 e. The normalized spacial score (nSPS) is 48.0. The molecule has 0 radical (unpaired) electrons. The van der Waals surface area contributed by atoms with Gasteiger partial charge in [-0.1, -0.05) is 32.9 Å². The van der Waals surface area contributed by atoms with Gasteiger partial charge in [0.25, 0.3) is 0 Å². The number of aliphatic hydroxyl groups excluding tert-OH is 6. The van der Waals surface area contributed by atoms with Gasteiger partial charge < -0.3 is 45.2 Å². The Kier molecular flexibility index (Phi) is 7.29. The first-order valence-electron chi connectivity index (χ1n) is 9.59. The van der Waals surface area contributed by atoms with Gasteiger partial charge in [-0.25, -0.2) is 0 Å². The van der Waals surface area contributed by atoms with Crippen molar-refractivity contribution in [2.45, 2.75) is 88.7 Å². The van der Waals surface area contributed by atoms with Crippen molar-refractivity contribution < 1.29 is 45.2 Å². The van der Waals surface area contributed by atoms with E-state index in [9.17, 15) is 35.7 Å². The molecule has 7 N–H and O–H groups in total. The molecular weight excluding hydrogens is 372 g/mol. The maximum absolute atomic E-state index is 11.2. The van der Waals surface area contributed by atoms with E-state index in [4.69, 9.17) is 9.47 Å². The standard InChI is InChI=1S/C19H34O9/c1-9(21)5-6-19(26)10(2)13(22)11(7-18(19,3)4)27-17-16(25)15(24)14(23)12(8-20)28-17/h5-6,9-17,20-26H,7-8H2,1-4H3/b6-5+/t9?,10?,11?,12-,13?,14-,15+,16-,17-,19?/m1/s1. The summed E-state index contributed by atoms with van der Waals surface area (Å²) in [5, 5.41) is 70.7. The van der Waals surface area contributed by atoms with E-state index in [-0.39, 0.29) is 6.42 Å². The Morgan fingerprint density at radius 2 is 1.71 bits per heavy atom. The summed E-state index contributed by atoms with van der Waals surface area (Å²) in [6, 6.07) is 0. The van der Waals surface area contributed by atoms with E-state index in [1.807, 2.05) is 0 Å². The number of hydrogen-bond acceptors (Lipinski definition) is 9. The highest BCUT2D eigenvalue weighted by molar-refractivity contribution is 5.17. The van der Waals surface area contributed by atoms with Crippen LogP contribution in [0.3, 0.4) is 0 Å². The Labute approximate surface area is 164 Å². The van der Waals surface area contributed by atoms with Gasteiger partial charge in [0.2, 0.25) is 0 Å². The molecule has 0 amide bonds. The maximum atomic E-state index is 11.2. The molecule has 1 saturated heterocycles. The van der Waals surface area contributed by atoms with Gasteiger partial charge in [0.1, 0.15) is 24.4 Å².